The standard InChI is InChI=1S/C19H19F2N5O2S/c1-25(10-13-2-4-14(20)5-3-13)18(27)12-29-19-24-23-17(26(19)22)11-28-16-8-6-15(21)7-9-16/h2-9H,10-12,22H2,1H3. The Morgan fingerprint density at radius 2 is 1.72 bits per heavy atom. The lowest BCUT2D eigenvalue weighted by Gasteiger charge is -2.17. The number of hydrogen-bond acceptors (Lipinski definition) is 6. The zero-order valence-electron chi connectivity index (χ0n) is 15.6. The number of aromatic nitrogens is 3. The first-order valence-electron chi connectivity index (χ1n) is 8.61. The Labute approximate surface area is 170 Å². The molecule has 0 atom stereocenters. The minimum atomic E-state index is -0.355. The Morgan fingerprint density at radius 1 is 1.10 bits per heavy atom. The van der Waals surface area contributed by atoms with Crippen molar-refractivity contribution in [3.05, 3.63) is 71.6 Å². The lowest BCUT2D eigenvalue weighted by molar-refractivity contribution is -0.127. The van der Waals surface area contributed by atoms with Gasteiger partial charge in [0.05, 0.1) is 5.75 Å². The Morgan fingerprint density at radius 3 is 2.38 bits per heavy atom. The van der Waals surface area contributed by atoms with Gasteiger partial charge in [-0.25, -0.2) is 13.5 Å². The Balaban J connectivity index is 1.50. The number of nitrogen functional groups attached to an aromatic ring is 1. The highest BCUT2D eigenvalue weighted by atomic mass is 32.2. The van der Waals surface area contributed by atoms with Gasteiger partial charge in [-0.15, -0.1) is 10.2 Å². The minimum absolute atomic E-state index is 0.0497. The van der Waals surface area contributed by atoms with Gasteiger partial charge in [-0.1, -0.05) is 23.9 Å². The van der Waals surface area contributed by atoms with Crippen molar-refractivity contribution in [1.29, 1.82) is 0 Å². The lowest BCUT2D eigenvalue weighted by Crippen LogP contribution is -2.28. The maximum Gasteiger partial charge on any atom is 0.233 e. The van der Waals surface area contributed by atoms with Gasteiger partial charge in [0.1, 0.15) is 24.0 Å². The van der Waals surface area contributed by atoms with E-state index in [4.69, 9.17) is 10.6 Å². The summed E-state index contributed by atoms with van der Waals surface area (Å²) in [5, 5.41) is 8.29. The lowest BCUT2D eigenvalue weighted by atomic mass is 10.2. The second kappa shape index (κ2) is 9.37. The van der Waals surface area contributed by atoms with Crippen molar-refractivity contribution in [2.75, 3.05) is 18.6 Å². The highest BCUT2D eigenvalue weighted by Crippen LogP contribution is 2.17. The van der Waals surface area contributed by atoms with Crippen LogP contribution in [0.15, 0.2) is 53.7 Å². The van der Waals surface area contributed by atoms with E-state index in [9.17, 15) is 13.6 Å². The van der Waals surface area contributed by atoms with Crippen LogP contribution >= 0.6 is 11.8 Å². The molecule has 1 aromatic heterocycles. The summed E-state index contributed by atoms with van der Waals surface area (Å²) < 4.78 is 32.6. The van der Waals surface area contributed by atoms with E-state index in [1.807, 2.05) is 0 Å². The first-order chi connectivity index (χ1) is 13.9. The number of carbonyl (C=O) groups is 1. The number of nitrogens with zero attached hydrogens (tertiary/aromatic N) is 4. The van der Waals surface area contributed by atoms with Gasteiger partial charge in [0.15, 0.2) is 5.82 Å². The molecule has 0 saturated heterocycles. The van der Waals surface area contributed by atoms with Crippen molar-refractivity contribution < 1.29 is 18.3 Å². The van der Waals surface area contributed by atoms with Gasteiger partial charge < -0.3 is 15.5 Å². The summed E-state index contributed by atoms with van der Waals surface area (Å²) in [5.41, 5.74) is 0.828. The molecular weight excluding hydrogens is 400 g/mol. The zero-order chi connectivity index (χ0) is 20.8. The number of rotatable bonds is 8. The summed E-state index contributed by atoms with van der Waals surface area (Å²) in [7, 11) is 1.67. The summed E-state index contributed by atoms with van der Waals surface area (Å²) in [4.78, 5) is 13.9. The van der Waals surface area contributed by atoms with Crippen LogP contribution in [0.2, 0.25) is 0 Å². The van der Waals surface area contributed by atoms with Crippen LogP contribution in [0, 0.1) is 11.6 Å². The molecule has 0 fully saturated rings. The van der Waals surface area contributed by atoms with E-state index >= 15 is 0 Å². The maximum absolute atomic E-state index is 13.0. The van der Waals surface area contributed by atoms with E-state index in [1.54, 1.807) is 19.2 Å². The molecule has 10 heteroatoms. The molecule has 3 aromatic rings. The second-order valence-electron chi connectivity index (χ2n) is 6.18. The van der Waals surface area contributed by atoms with Crippen LogP contribution in [0.1, 0.15) is 11.4 Å². The summed E-state index contributed by atoms with van der Waals surface area (Å²) in [6, 6.07) is 11.6. The smallest absolute Gasteiger partial charge is 0.233 e. The molecule has 0 bridgehead atoms. The number of benzene rings is 2. The summed E-state index contributed by atoms with van der Waals surface area (Å²) >= 11 is 1.15. The van der Waals surface area contributed by atoms with Crippen LogP contribution in [-0.4, -0.2) is 38.5 Å². The summed E-state index contributed by atoms with van der Waals surface area (Å²) in [6.07, 6.45) is 0. The fraction of sp³-hybridized carbons (Fsp3) is 0.211. The molecule has 0 saturated carbocycles. The predicted molar refractivity (Wildman–Crippen MR) is 105 cm³/mol. The van der Waals surface area contributed by atoms with Crippen LogP contribution in [-0.2, 0) is 17.9 Å². The van der Waals surface area contributed by atoms with Gasteiger partial charge >= 0.3 is 0 Å². The topological polar surface area (TPSA) is 86.3 Å². The van der Waals surface area contributed by atoms with Crippen LogP contribution in [0.3, 0.4) is 0 Å². The minimum Gasteiger partial charge on any atom is -0.486 e. The van der Waals surface area contributed by atoms with Gasteiger partial charge in [0.25, 0.3) is 0 Å². The van der Waals surface area contributed by atoms with Gasteiger partial charge in [-0.3, -0.25) is 4.79 Å². The monoisotopic (exact) mass is 419 g/mol. The van der Waals surface area contributed by atoms with E-state index < -0.39 is 0 Å². The maximum atomic E-state index is 13.0. The molecule has 0 aliphatic carbocycles. The first-order valence-corrected chi connectivity index (χ1v) is 9.60. The fourth-order valence-electron chi connectivity index (χ4n) is 2.37. The van der Waals surface area contributed by atoms with Crippen LogP contribution < -0.4 is 10.6 Å². The van der Waals surface area contributed by atoms with Crippen molar-refractivity contribution in [2.45, 2.75) is 18.3 Å². The second-order valence-corrected chi connectivity index (χ2v) is 7.12. The molecule has 29 heavy (non-hydrogen) atoms. The molecule has 2 aromatic carbocycles. The molecule has 2 N–H and O–H groups in total. The molecule has 1 heterocycles. The average molecular weight is 419 g/mol. The highest BCUT2D eigenvalue weighted by molar-refractivity contribution is 7.99. The van der Waals surface area contributed by atoms with Crippen LogP contribution in [0.25, 0.3) is 0 Å². The summed E-state index contributed by atoms with van der Waals surface area (Å²) in [6.45, 7) is 0.417. The number of ether oxygens (including phenoxy) is 1. The number of carbonyl (C=O) groups excluding carboxylic acids is 1. The molecule has 3 rings (SSSR count). The molecule has 7 nitrogen and oxygen atoms in total. The van der Waals surface area contributed by atoms with Crippen molar-refractivity contribution in [3.63, 3.8) is 0 Å². The third-order valence-corrected chi connectivity index (χ3v) is 4.93. The first kappa shape index (κ1) is 20.6. The van der Waals surface area contributed by atoms with Gasteiger partial charge in [0.2, 0.25) is 11.1 Å². The van der Waals surface area contributed by atoms with Crippen molar-refractivity contribution in [2.24, 2.45) is 0 Å². The third-order valence-electron chi connectivity index (χ3n) is 4.00. The predicted octanol–water partition coefficient (Wildman–Crippen LogP) is 2.60. The van der Waals surface area contributed by atoms with Gasteiger partial charge in [-0.2, -0.15) is 0 Å². The highest BCUT2D eigenvalue weighted by Gasteiger charge is 2.15. The third kappa shape index (κ3) is 5.67. The van der Waals surface area contributed by atoms with Crippen molar-refractivity contribution >= 4 is 17.7 Å². The largest absolute Gasteiger partial charge is 0.486 e. The molecule has 0 radical (unpaired) electrons. The molecule has 0 aliphatic rings. The molecule has 1 amide bonds. The fourth-order valence-corrected chi connectivity index (χ4v) is 3.19. The Hall–Kier alpha value is -3.14. The zero-order valence-corrected chi connectivity index (χ0v) is 16.4. The normalized spacial score (nSPS) is 10.7. The Kier molecular flexibility index (Phi) is 6.65. The molecule has 0 spiro atoms. The van der Waals surface area contributed by atoms with E-state index in [1.165, 1.54) is 46.0 Å². The average Bonchev–Trinajstić information content (AvgIpc) is 3.07. The SMILES string of the molecule is CN(Cc1ccc(F)cc1)C(=O)CSc1nnc(COc2ccc(F)cc2)n1N. The number of amides is 1. The molecular formula is C19H19F2N5O2S. The number of halogens is 2. The van der Waals surface area contributed by atoms with E-state index in [-0.39, 0.29) is 29.9 Å². The van der Waals surface area contributed by atoms with Crippen LogP contribution in [0.4, 0.5) is 8.78 Å². The van der Waals surface area contributed by atoms with E-state index in [0.717, 1.165) is 17.3 Å². The molecule has 0 unspecified atom stereocenters. The molecule has 0 aliphatic heterocycles. The number of thioether (sulfide) groups is 1. The van der Waals surface area contributed by atoms with Gasteiger partial charge in [0, 0.05) is 13.6 Å². The quantitative estimate of drug-likeness (QED) is 0.446. The van der Waals surface area contributed by atoms with Crippen molar-refractivity contribution in [3.8, 4) is 5.75 Å². The van der Waals surface area contributed by atoms with Crippen molar-refractivity contribution in [1.82, 2.24) is 19.8 Å². The van der Waals surface area contributed by atoms with Crippen LogP contribution in [0.5, 0.6) is 5.75 Å². The molecule has 152 valence electrons. The number of nitrogens with two attached hydrogens (primary N) is 1. The van der Waals surface area contributed by atoms with Gasteiger partial charge in [-0.05, 0) is 42.0 Å². The van der Waals surface area contributed by atoms with E-state index in [2.05, 4.69) is 10.2 Å². The van der Waals surface area contributed by atoms with E-state index in [0.29, 0.717) is 23.3 Å². The summed E-state index contributed by atoms with van der Waals surface area (Å²) in [5.74, 6) is 6.11. The Bertz CT molecular complexity index is 964. The number of hydrogen-bond donors (Lipinski definition) is 1.